The summed E-state index contributed by atoms with van der Waals surface area (Å²) in [6.07, 6.45) is -1.40. The first-order chi connectivity index (χ1) is 14.6. The highest BCUT2D eigenvalue weighted by Crippen LogP contribution is 2.29. The van der Waals surface area contributed by atoms with Gasteiger partial charge in [-0.25, -0.2) is 13.1 Å². The molecule has 166 valence electrons. The number of amides is 1. The molecule has 0 saturated carbocycles. The van der Waals surface area contributed by atoms with Crippen LogP contribution in [0.2, 0.25) is 0 Å². The Bertz CT molecular complexity index is 1030. The molecule has 7 nitrogen and oxygen atoms in total. The molecule has 2 aromatic rings. The standard InChI is InChI=1S/C20H20F3N3O4S/c1-2-19(27)26-11-17(25-31(28,29)16-4-3-9-24-10-16)18(12-26)30-13-14-5-7-15(8-6-14)20(21,22)23/h2-10,17-18,25H,1,11-13H2/t17-,18-/m1/s1. The molecular formula is C20H20F3N3O4S. The van der Waals surface area contributed by atoms with Crippen molar-refractivity contribution in [1.82, 2.24) is 14.6 Å². The lowest BCUT2D eigenvalue weighted by molar-refractivity contribution is -0.137. The van der Waals surface area contributed by atoms with Crippen molar-refractivity contribution in [1.29, 1.82) is 0 Å². The number of sulfonamides is 1. The van der Waals surface area contributed by atoms with Gasteiger partial charge >= 0.3 is 6.18 Å². The minimum Gasteiger partial charge on any atom is -0.370 e. The number of nitrogens with one attached hydrogen (secondary N) is 1. The number of benzene rings is 1. The van der Waals surface area contributed by atoms with E-state index in [9.17, 15) is 26.4 Å². The van der Waals surface area contributed by atoms with E-state index < -0.39 is 33.9 Å². The minimum absolute atomic E-state index is 0.0370. The molecule has 0 spiro atoms. The van der Waals surface area contributed by atoms with Crippen molar-refractivity contribution in [2.45, 2.75) is 29.8 Å². The zero-order valence-corrected chi connectivity index (χ0v) is 17.1. The highest BCUT2D eigenvalue weighted by molar-refractivity contribution is 7.89. The number of pyridine rings is 1. The smallest absolute Gasteiger partial charge is 0.370 e. The summed E-state index contributed by atoms with van der Waals surface area (Å²) in [5, 5.41) is 0. The van der Waals surface area contributed by atoms with E-state index in [4.69, 9.17) is 4.74 Å². The topological polar surface area (TPSA) is 88.6 Å². The summed E-state index contributed by atoms with van der Waals surface area (Å²) in [6.45, 7) is 3.54. The molecule has 1 saturated heterocycles. The molecule has 0 radical (unpaired) electrons. The van der Waals surface area contributed by atoms with Gasteiger partial charge in [0.15, 0.2) is 0 Å². The Morgan fingerprint density at radius 2 is 1.97 bits per heavy atom. The number of rotatable bonds is 7. The van der Waals surface area contributed by atoms with Gasteiger partial charge in [-0.2, -0.15) is 13.2 Å². The summed E-state index contributed by atoms with van der Waals surface area (Å²) in [5.41, 5.74) is -0.294. The molecule has 0 aliphatic carbocycles. The van der Waals surface area contributed by atoms with Crippen molar-refractivity contribution >= 4 is 15.9 Å². The van der Waals surface area contributed by atoms with Gasteiger partial charge in [-0.05, 0) is 35.9 Å². The zero-order chi connectivity index (χ0) is 22.6. The third-order valence-corrected chi connectivity index (χ3v) is 6.22. The van der Waals surface area contributed by atoms with Crippen LogP contribution < -0.4 is 4.72 Å². The van der Waals surface area contributed by atoms with E-state index in [1.807, 2.05) is 0 Å². The van der Waals surface area contributed by atoms with Crippen molar-refractivity contribution in [2.75, 3.05) is 13.1 Å². The Kier molecular flexibility index (Phi) is 6.77. The SMILES string of the molecule is C=CC(=O)N1C[C@@H](NS(=O)(=O)c2cccnc2)[C@H](OCc2ccc(C(F)(F)F)cc2)C1. The molecule has 1 aromatic carbocycles. The van der Waals surface area contributed by atoms with Gasteiger partial charge in [0.2, 0.25) is 15.9 Å². The molecule has 1 aliphatic heterocycles. The number of alkyl halides is 3. The Morgan fingerprint density at radius 1 is 1.26 bits per heavy atom. The highest BCUT2D eigenvalue weighted by atomic mass is 32.2. The molecule has 1 aromatic heterocycles. The Morgan fingerprint density at radius 3 is 2.55 bits per heavy atom. The van der Waals surface area contributed by atoms with E-state index in [2.05, 4.69) is 16.3 Å². The van der Waals surface area contributed by atoms with Crippen molar-refractivity contribution in [3.8, 4) is 0 Å². The molecule has 1 aliphatic rings. The molecule has 2 atom stereocenters. The van der Waals surface area contributed by atoms with Crippen LogP contribution in [0.4, 0.5) is 13.2 Å². The van der Waals surface area contributed by atoms with Crippen LogP contribution in [0, 0.1) is 0 Å². The highest BCUT2D eigenvalue weighted by Gasteiger charge is 2.38. The summed E-state index contributed by atoms with van der Waals surface area (Å²) >= 11 is 0. The van der Waals surface area contributed by atoms with Gasteiger partial charge in [0.25, 0.3) is 0 Å². The van der Waals surface area contributed by atoms with Crippen LogP contribution >= 0.6 is 0 Å². The van der Waals surface area contributed by atoms with Gasteiger partial charge in [-0.15, -0.1) is 0 Å². The van der Waals surface area contributed by atoms with Crippen LogP contribution in [0.3, 0.4) is 0 Å². The molecule has 1 N–H and O–H groups in total. The largest absolute Gasteiger partial charge is 0.416 e. The lowest BCUT2D eigenvalue weighted by atomic mass is 10.1. The average Bonchev–Trinajstić information content (AvgIpc) is 3.14. The fraction of sp³-hybridized carbons (Fsp3) is 0.300. The monoisotopic (exact) mass is 455 g/mol. The van der Waals surface area contributed by atoms with E-state index in [1.165, 1.54) is 41.6 Å². The molecule has 3 rings (SSSR count). The molecule has 0 unspecified atom stereocenters. The number of likely N-dealkylation sites (tertiary alicyclic amines) is 1. The number of carbonyl (C=O) groups excluding carboxylic acids is 1. The lowest BCUT2D eigenvalue weighted by Gasteiger charge is -2.20. The van der Waals surface area contributed by atoms with Gasteiger partial charge in [0.1, 0.15) is 4.90 Å². The maximum atomic E-state index is 12.7. The van der Waals surface area contributed by atoms with Gasteiger partial charge in [0.05, 0.1) is 24.3 Å². The van der Waals surface area contributed by atoms with Gasteiger partial charge in [-0.1, -0.05) is 18.7 Å². The molecule has 1 amide bonds. The Hall–Kier alpha value is -2.76. The molecule has 2 heterocycles. The van der Waals surface area contributed by atoms with Crippen molar-refractivity contribution in [3.63, 3.8) is 0 Å². The summed E-state index contributed by atoms with van der Waals surface area (Å²) in [5.74, 6) is -0.383. The first-order valence-electron chi connectivity index (χ1n) is 9.21. The van der Waals surface area contributed by atoms with Gasteiger partial charge in [0, 0.05) is 25.5 Å². The Balaban J connectivity index is 1.72. The number of hydrogen-bond acceptors (Lipinski definition) is 5. The van der Waals surface area contributed by atoms with Crippen molar-refractivity contribution in [3.05, 3.63) is 72.6 Å². The predicted molar refractivity (Wildman–Crippen MR) is 105 cm³/mol. The number of halogens is 3. The van der Waals surface area contributed by atoms with Crippen LogP contribution in [0.15, 0.2) is 66.3 Å². The van der Waals surface area contributed by atoms with Crippen LogP contribution in [-0.2, 0) is 32.3 Å². The predicted octanol–water partition coefficient (Wildman–Crippen LogP) is 2.36. The third-order valence-electron chi connectivity index (χ3n) is 4.75. The van der Waals surface area contributed by atoms with E-state index >= 15 is 0 Å². The fourth-order valence-corrected chi connectivity index (χ4v) is 4.35. The van der Waals surface area contributed by atoms with Crippen LogP contribution in [0.25, 0.3) is 0 Å². The van der Waals surface area contributed by atoms with Crippen molar-refractivity contribution < 1.29 is 31.1 Å². The lowest BCUT2D eigenvalue weighted by Crippen LogP contribution is -2.44. The average molecular weight is 455 g/mol. The van der Waals surface area contributed by atoms with Crippen LogP contribution in [0.5, 0.6) is 0 Å². The van der Waals surface area contributed by atoms with E-state index in [1.54, 1.807) is 0 Å². The second kappa shape index (κ2) is 9.16. The number of nitrogens with zero attached hydrogens (tertiary/aromatic N) is 2. The summed E-state index contributed by atoms with van der Waals surface area (Å²) in [4.78, 5) is 17.2. The maximum absolute atomic E-state index is 12.7. The van der Waals surface area contributed by atoms with E-state index in [-0.39, 0.29) is 30.5 Å². The third kappa shape index (κ3) is 5.69. The Labute approximate surface area is 177 Å². The molecule has 0 bridgehead atoms. The quantitative estimate of drug-likeness (QED) is 0.648. The normalized spacial score (nSPS) is 19.4. The second-order valence-electron chi connectivity index (χ2n) is 6.91. The minimum atomic E-state index is -4.44. The van der Waals surface area contributed by atoms with Gasteiger partial charge < -0.3 is 9.64 Å². The van der Waals surface area contributed by atoms with Crippen molar-refractivity contribution in [2.24, 2.45) is 0 Å². The maximum Gasteiger partial charge on any atom is 0.416 e. The molecular weight excluding hydrogens is 435 g/mol. The van der Waals surface area contributed by atoms with Crippen LogP contribution in [0.1, 0.15) is 11.1 Å². The van der Waals surface area contributed by atoms with Crippen LogP contribution in [-0.4, -0.2) is 49.4 Å². The summed E-state index contributed by atoms with van der Waals surface area (Å²) in [6, 6.07) is 6.58. The number of aromatic nitrogens is 1. The summed E-state index contributed by atoms with van der Waals surface area (Å²) in [7, 11) is -3.92. The van der Waals surface area contributed by atoms with Gasteiger partial charge in [-0.3, -0.25) is 9.78 Å². The number of ether oxygens (including phenoxy) is 1. The number of hydrogen-bond donors (Lipinski definition) is 1. The molecule has 1 fully saturated rings. The molecule has 31 heavy (non-hydrogen) atoms. The molecule has 11 heteroatoms. The van der Waals surface area contributed by atoms with E-state index in [0.717, 1.165) is 18.2 Å². The van der Waals surface area contributed by atoms with E-state index in [0.29, 0.717) is 5.56 Å². The first-order valence-corrected chi connectivity index (χ1v) is 10.7. The number of carbonyl (C=O) groups is 1. The second-order valence-corrected chi connectivity index (χ2v) is 8.62. The fourth-order valence-electron chi connectivity index (χ4n) is 3.13. The first kappa shape index (κ1) is 22.9. The zero-order valence-electron chi connectivity index (χ0n) is 16.2. The summed E-state index contributed by atoms with van der Waals surface area (Å²) < 4.78 is 71.7.